The van der Waals surface area contributed by atoms with Gasteiger partial charge in [0.05, 0.1) is 11.0 Å². The predicted octanol–water partition coefficient (Wildman–Crippen LogP) is 1.51. The molecule has 0 spiro atoms. The molecule has 3 N–H and O–H groups in total. The van der Waals surface area contributed by atoms with Gasteiger partial charge in [-0.15, -0.1) is 0 Å². The third kappa shape index (κ3) is 3.46. The molecule has 0 aliphatic rings. The van der Waals surface area contributed by atoms with Crippen molar-refractivity contribution in [2.45, 2.75) is 38.7 Å². The van der Waals surface area contributed by atoms with Crippen LogP contribution < -0.4 is 10.5 Å². The Bertz CT molecular complexity index is 541. The van der Waals surface area contributed by atoms with E-state index in [1.807, 2.05) is 6.92 Å². The molecule has 0 saturated carbocycles. The first kappa shape index (κ1) is 15.9. The van der Waals surface area contributed by atoms with Crippen molar-refractivity contribution < 1.29 is 13.2 Å². The fraction of sp³-hybridized carbons (Fsp3) is 0.538. The summed E-state index contributed by atoms with van der Waals surface area (Å²) < 4.78 is 32.3. The van der Waals surface area contributed by atoms with Crippen molar-refractivity contribution in [3.63, 3.8) is 0 Å². The number of rotatable bonds is 5. The van der Waals surface area contributed by atoms with E-state index in [-0.39, 0.29) is 17.5 Å². The normalized spacial score (nSPS) is 13.5. The molecule has 19 heavy (non-hydrogen) atoms. The van der Waals surface area contributed by atoms with Crippen LogP contribution in [0.5, 0.6) is 0 Å². The molecule has 0 aromatic heterocycles. The van der Waals surface area contributed by atoms with Crippen LogP contribution in [0.4, 0.5) is 5.69 Å². The second-order valence-corrected chi connectivity index (χ2v) is 6.46. The van der Waals surface area contributed by atoms with E-state index >= 15 is 0 Å². The first-order valence-corrected chi connectivity index (χ1v) is 7.57. The fourth-order valence-electron chi connectivity index (χ4n) is 1.83. The van der Waals surface area contributed by atoms with E-state index in [1.165, 1.54) is 0 Å². The summed E-state index contributed by atoms with van der Waals surface area (Å²) in [5, 5.41) is 0. The van der Waals surface area contributed by atoms with Crippen LogP contribution in [-0.2, 0) is 14.8 Å². The number of hydrogen-bond acceptors (Lipinski definition) is 4. The van der Waals surface area contributed by atoms with Gasteiger partial charge in [0.25, 0.3) is 0 Å². The second kappa shape index (κ2) is 5.90. The molecule has 1 atom stereocenters. The molecule has 0 bridgehead atoms. The van der Waals surface area contributed by atoms with Crippen LogP contribution in [0.3, 0.4) is 0 Å². The third-order valence-electron chi connectivity index (χ3n) is 3.31. The lowest BCUT2D eigenvalue weighted by molar-refractivity contribution is 0.122. The highest BCUT2D eigenvalue weighted by atomic mass is 32.2. The fourth-order valence-corrected chi connectivity index (χ4v) is 3.51. The summed E-state index contributed by atoms with van der Waals surface area (Å²) in [6, 6.07) is 1.79. The van der Waals surface area contributed by atoms with Gasteiger partial charge in [-0.05, 0) is 50.5 Å². The van der Waals surface area contributed by atoms with Gasteiger partial charge in [0.2, 0.25) is 10.0 Å². The van der Waals surface area contributed by atoms with Crippen LogP contribution in [-0.4, -0.2) is 28.2 Å². The van der Waals surface area contributed by atoms with E-state index in [0.29, 0.717) is 11.3 Å². The monoisotopic (exact) mass is 286 g/mol. The molecule has 0 heterocycles. The van der Waals surface area contributed by atoms with E-state index in [0.717, 1.165) is 11.1 Å². The van der Waals surface area contributed by atoms with Gasteiger partial charge in [-0.1, -0.05) is 0 Å². The van der Waals surface area contributed by atoms with E-state index in [1.54, 1.807) is 33.9 Å². The van der Waals surface area contributed by atoms with Crippen LogP contribution in [0.2, 0.25) is 0 Å². The Morgan fingerprint density at radius 3 is 2.42 bits per heavy atom. The number of anilines is 1. The second-order valence-electron chi connectivity index (χ2n) is 4.76. The van der Waals surface area contributed by atoms with Gasteiger partial charge in [-0.25, -0.2) is 13.1 Å². The van der Waals surface area contributed by atoms with Crippen LogP contribution >= 0.6 is 0 Å². The van der Waals surface area contributed by atoms with Gasteiger partial charge >= 0.3 is 0 Å². The minimum atomic E-state index is -3.58. The number of nitrogens with one attached hydrogen (secondary N) is 1. The number of sulfonamides is 1. The molecule has 108 valence electrons. The van der Waals surface area contributed by atoms with E-state index in [4.69, 9.17) is 10.5 Å². The SMILES string of the molecule is COC(C)CNS(=O)(=O)c1c(C)c(C)cc(N)c1C. The third-order valence-corrected chi connectivity index (χ3v) is 5.01. The number of aryl methyl sites for hydroxylation is 1. The Hall–Kier alpha value is -1.11. The quantitative estimate of drug-likeness (QED) is 0.804. The minimum absolute atomic E-state index is 0.183. The Morgan fingerprint density at radius 1 is 1.32 bits per heavy atom. The summed E-state index contributed by atoms with van der Waals surface area (Å²) >= 11 is 0. The number of ether oxygens (including phenoxy) is 1. The van der Waals surface area contributed by atoms with Gasteiger partial charge in [0, 0.05) is 19.3 Å². The Labute approximate surface area is 115 Å². The topological polar surface area (TPSA) is 81.4 Å². The molecule has 0 fully saturated rings. The van der Waals surface area contributed by atoms with Crippen LogP contribution in [0.15, 0.2) is 11.0 Å². The number of nitrogens with two attached hydrogens (primary N) is 1. The Morgan fingerprint density at radius 2 is 1.89 bits per heavy atom. The van der Waals surface area contributed by atoms with Crippen molar-refractivity contribution in [2.75, 3.05) is 19.4 Å². The molecule has 1 aromatic rings. The number of hydrogen-bond donors (Lipinski definition) is 2. The standard InChI is InChI=1S/C13H22N2O3S/c1-8-6-12(14)11(4)13(10(8)3)19(16,17)15-7-9(2)18-5/h6,9,15H,7,14H2,1-5H3. The Kier molecular flexibility index (Phi) is 4.95. The van der Waals surface area contributed by atoms with Crippen molar-refractivity contribution >= 4 is 15.7 Å². The van der Waals surface area contributed by atoms with Crippen LogP contribution in [0, 0.1) is 20.8 Å². The maximum atomic E-state index is 12.4. The smallest absolute Gasteiger partial charge is 0.241 e. The summed E-state index contributed by atoms with van der Waals surface area (Å²) in [5.41, 5.74) is 8.52. The van der Waals surface area contributed by atoms with Crippen molar-refractivity contribution in [3.8, 4) is 0 Å². The lowest BCUT2D eigenvalue weighted by Crippen LogP contribution is -2.32. The van der Waals surface area contributed by atoms with Crippen LogP contribution in [0.25, 0.3) is 0 Å². The van der Waals surface area contributed by atoms with Crippen molar-refractivity contribution in [2.24, 2.45) is 0 Å². The summed E-state index contributed by atoms with van der Waals surface area (Å²) in [5.74, 6) is 0. The maximum absolute atomic E-state index is 12.4. The molecular weight excluding hydrogens is 264 g/mol. The zero-order chi connectivity index (χ0) is 14.8. The van der Waals surface area contributed by atoms with Crippen LogP contribution in [0.1, 0.15) is 23.6 Å². The summed E-state index contributed by atoms with van der Waals surface area (Å²) in [4.78, 5) is 0.272. The van der Waals surface area contributed by atoms with E-state index in [2.05, 4.69) is 4.72 Å². The largest absolute Gasteiger partial charge is 0.398 e. The highest BCUT2D eigenvalue weighted by Gasteiger charge is 2.22. The average Bonchev–Trinajstić information content (AvgIpc) is 2.33. The zero-order valence-corrected chi connectivity index (χ0v) is 12.9. The van der Waals surface area contributed by atoms with Gasteiger partial charge in [0.1, 0.15) is 0 Å². The molecule has 0 aliphatic heterocycles. The molecular formula is C13H22N2O3S. The minimum Gasteiger partial charge on any atom is -0.398 e. The van der Waals surface area contributed by atoms with Crippen molar-refractivity contribution in [3.05, 3.63) is 22.8 Å². The zero-order valence-electron chi connectivity index (χ0n) is 12.1. The highest BCUT2D eigenvalue weighted by Crippen LogP contribution is 2.27. The van der Waals surface area contributed by atoms with Gasteiger partial charge in [0.15, 0.2) is 0 Å². The van der Waals surface area contributed by atoms with Gasteiger partial charge < -0.3 is 10.5 Å². The van der Waals surface area contributed by atoms with Gasteiger partial charge in [-0.3, -0.25) is 0 Å². The molecule has 0 saturated heterocycles. The first-order valence-electron chi connectivity index (χ1n) is 6.09. The van der Waals surface area contributed by atoms with E-state index in [9.17, 15) is 8.42 Å². The maximum Gasteiger partial charge on any atom is 0.241 e. The molecule has 0 aliphatic carbocycles. The molecule has 1 aromatic carbocycles. The Balaban J connectivity index is 3.22. The molecule has 0 amide bonds. The lowest BCUT2D eigenvalue weighted by Gasteiger charge is -2.17. The van der Waals surface area contributed by atoms with E-state index < -0.39 is 10.0 Å². The summed E-state index contributed by atoms with van der Waals surface area (Å²) in [6.07, 6.45) is -0.183. The molecule has 1 unspecified atom stereocenters. The predicted molar refractivity (Wildman–Crippen MR) is 76.7 cm³/mol. The summed E-state index contributed by atoms with van der Waals surface area (Å²) in [7, 11) is -2.04. The summed E-state index contributed by atoms with van der Waals surface area (Å²) in [6.45, 7) is 7.38. The first-order chi connectivity index (χ1) is 8.70. The van der Waals surface area contributed by atoms with Crippen molar-refractivity contribution in [1.29, 1.82) is 0 Å². The molecule has 5 nitrogen and oxygen atoms in total. The average molecular weight is 286 g/mol. The number of methoxy groups -OCH3 is 1. The molecule has 1 rings (SSSR count). The number of benzene rings is 1. The lowest BCUT2D eigenvalue weighted by atomic mass is 10.1. The van der Waals surface area contributed by atoms with Gasteiger partial charge in [-0.2, -0.15) is 0 Å². The highest BCUT2D eigenvalue weighted by molar-refractivity contribution is 7.89. The molecule has 0 radical (unpaired) electrons. The molecule has 6 heteroatoms. The number of nitrogen functional groups attached to an aromatic ring is 1. The van der Waals surface area contributed by atoms with Crippen molar-refractivity contribution in [1.82, 2.24) is 4.72 Å².